The molecule has 1 aromatic rings. The molecule has 1 atom stereocenters. The van der Waals surface area contributed by atoms with Crippen LogP contribution in [0, 0.1) is 23.2 Å². The number of nitrogens with one attached hydrogen (secondary N) is 1. The Kier molecular flexibility index (Phi) is 3.16. The van der Waals surface area contributed by atoms with Crippen LogP contribution in [0.3, 0.4) is 0 Å². The van der Waals surface area contributed by atoms with Crippen molar-refractivity contribution in [3.63, 3.8) is 0 Å². The average molecular weight is 351 g/mol. The molecule has 1 aliphatic heterocycles. The van der Waals surface area contributed by atoms with Gasteiger partial charge in [0, 0.05) is 11.6 Å². The second-order valence-electron chi connectivity index (χ2n) is 9.89. The number of hydrogen-bond donors (Lipinski definition) is 3. The zero-order valence-electron chi connectivity index (χ0n) is 15.4. The van der Waals surface area contributed by atoms with Crippen molar-refractivity contribution in [1.82, 2.24) is 5.32 Å². The maximum Gasteiger partial charge on any atom is 0.161 e. The van der Waals surface area contributed by atoms with Gasteiger partial charge in [-0.25, -0.2) is 0 Å². The van der Waals surface area contributed by atoms with Gasteiger partial charge in [-0.05, 0) is 105 Å². The van der Waals surface area contributed by atoms with E-state index in [0.717, 1.165) is 49.1 Å². The second-order valence-corrected chi connectivity index (χ2v) is 9.89. The smallest absolute Gasteiger partial charge is 0.161 e. The maximum absolute atomic E-state index is 10.5. The molecule has 0 aromatic heterocycles. The van der Waals surface area contributed by atoms with Gasteiger partial charge >= 0.3 is 0 Å². The van der Waals surface area contributed by atoms with Crippen molar-refractivity contribution >= 4 is 5.57 Å². The van der Waals surface area contributed by atoms with E-state index in [1.165, 1.54) is 49.7 Å². The first-order chi connectivity index (χ1) is 12.6. The van der Waals surface area contributed by atoms with Crippen molar-refractivity contribution in [3.8, 4) is 11.5 Å². The van der Waals surface area contributed by atoms with Crippen LogP contribution in [-0.2, 0) is 6.42 Å². The molecule has 7 rings (SSSR count). The van der Waals surface area contributed by atoms with Crippen LogP contribution in [0.5, 0.6) is 11.5 Å². The van der Waals surface area contributed by atoms with Crippen LogP contribution in [0.4, 0.5) is 0 Å². The zero-order valence-corrected chi connectivity index (χ0v) is 15.4. The second kappa shape index (κ2) is 5.28. The Bertz CT molecular complexity index is 773. The van der Waals surface area contributed by atoms with E-state index in [9.17, 15) is 10.2 Å². The normalized spacial score (nSPS) is 40.5. The molecule has 4 saturated carbocycles. The SMILES string of the molecule is Oc1ccc2c(c1O)CCC1=C2C(C23CC4CC(CC(C4)C2)C3)NCC1. The molecular formula is C23H29NO2. The fraction of sp³-hybridized carbons (Fsp3) is 0.652. The Morgan fingerprint density at radius 2 is 1.58 bits per heavy atom. The highest BCUT2D eigenvalue weighted by Crippen LogP contribution is 2.63. The zero-order chi connectivity index (χ0) is 17.5. The Hall–Kier alpha value is -1.48. The van der Waals surface area contributed by atoms with Crippen molar-refractivity contribution in [2.45, 2.75) is 63.8 Å². The summed E-state index contributed by atoms with van der Waals surface area (Å²) >= 11 is 0. The Balaban J connectivity index is 1.48. The van der Waals surface area contributed by atoms with Gasteiger partial charge in [-0.15, -0.1) is 0 Å². The molecule has 5 aliphatic carbocycles. The third-order valence-electron chi connectivity index (χ3n) is 8.37. The molecule has 26 heavy (non-hydrogen) atoms. The molecule has 1 unspecified atom stereocenters. The molecule has 0 spiro atoms. The van der Waals surface area contributed by atoms with Gasteiger partial charge in [0.1, 0.15) is 0 Å². The quantitative estimate of drug-likeness (QED) is 0.658. The monoisotopic (exact) mass is 351 g/mol. The van der Waals surface area contributed by atoms with Gasteiger partial charge in [0.05, 0.1) is 0 Å². The summed E-state index contributed by atoms with van der Waals surface area (Å²) in [7, 11) is 0. The molecule has 3 nitrogen and oxygen atoms in total. The van der Waals surface area contributed by atoms with Crippen LogP contribution in [-0.4, -0.2) is 22.8 Å². The number of rotatable bonds is 1. The van der Waals surface area contributed by atoms with E-state index in [2.05, 4.69) is 11.4 Å². The molecule has 6 aliphatic rings. The van der Waals surface area contributed by atoms with Crippen LogP contribution in [0.2, 0.25) is 0 Å². The first-order valence-corrected chi connectivity index (χ1v) is 10.6. The molecule has 3 heteroatoms. The number of phenols is 2. The van der Waals surface area contributed by atoms with Crippen LogP contribution < -0.4 is 5.32 Å². The summed E-state index contributed by atoms with van der Waals surface area (Å²) in [6, 6.07) is 4.21. The van der Waals surface area contributed by atoms with Crippen LogP contribution >= 0.6 is 0 Å². The summed E-state index contributed by atoms with van der Waals surface area (Å²) in [6.45, 7) is 1.10. The summed E-state index contributed by atoms with van der Waals surface area (Å²) in [4.78, 5) is 0. The summed E-state index contributed by atoms with van der Waals surface area (Å²) in [5.74, 6) is 2.99. The van der Waals surface area contributed by atoms with Crippen molar-refractivity contribution < 1.29 is 10.2 Å². The third-order valence-corrected chi connectivity index (χ3v) is 8.37. The largest absolute Gasteiger partial charge is 0.504 e. The third kappa shape index (κ3) is 2.04. The van der Waals surface area contributed by atoms with Gasteiger partial charge in [0.25, 0.3) is 0 Å². The number of phenolic OH excluding ortho intramolecular Hbond substituents is 2. The topological polar surface area (TPSA) is 52.5 Å². The Morgan fingerprint density at radius 3 is 2.27 bits per heavy atom. The molecule has 4 fully saturated rings. The average Bonchev–Trinajstić information content (AvgIpc) is 2.63. The molecule has 0 radical (unpaired) electrons. The molecule has 4 bridgehead atoms. The van der Waals surface area contributed by atoms with Gasteiger partial charge in [-0.1, -0.05) is 11.6 Å². The molecule has 0 amide bonds. The van der Waals surface area contributed by atoms with E-state index in [1.807, 2.05) is 0 Å². The van der Waals surface area contributed by atoms with Crippen molar-refractivity contribution in [2.75, 3.05) is 6.54 Å². The van der Waals surface area contributed by atoms with Crippen LogP contribution in [0.1, 0.15) is 62.5 Å². The van der Waals surface area contributed by atoms with E-state index in [1.54, 1.807) is 11.6 Å². The van der Waals surface area contributed by atoms with Crippen molar-refractivity contribution in [3.05, 3.63) is 28.8 Å². The van der Waals surface area contributed by atoms with Crippen LogP contribution in [0.25, 0.3) is 5.57 Å². The van der Waals surface area contributed by atoms with E-state index in [0.29, 0.717) is 11.5 Å². The van der Waals surface area contributed by atoms with E-state index < -0.39 is 0 Å². The minimum absolute atomic E-state index is 0.0305. The highest BCUT2D eigenvalue weighted by molar-refractivity contribution is 5.80. The van der Waals surface area contributed by atoms with Gasteiger partial charge in [-0.2, -0.15) is 0 Å². The minimum atomic E-state index is 0.0305. The number of benzene rings is 1. The van der Waals surface area contributed by atoms with Gasteiger partial charge in [-0.3, -0.25) is 0 Å². The lowest BCUT2D eigenvalue weighted by Gasteiger charge is -2.61. The van der Waals surface area contributed by atoms with E-state index in [4.69, 9.17) is 0 Å². The molecular weight excluding hydrogens is 322 g/mol. The predicted octanol–water partition coefficient (Wildman–Crippen LogP) is 4.38. The molecule has 1 aromatic carbocycles. The number of fused-ring (bicyclic) bond motifs is 2. The predicted molar refractivity (Wildman–Crippen MR) is 102 cm³/mol. The molecule has 1 heterocycles. The first-order valence-electron chi connectivity index (χ1n) is 10.6. The summed E-state index contributed by atoms with van der Waals surface area (Å²) < 4.78 is 0. The highest BCUT2D eigenvalue weighted by atomic mass is 16.3. The van der Waals surface area contributed by atoms with Gasteiger partial charge in [0.2, 0.25) is 0 Å². The van der Waals surface area contributed by atoms with Crippen LogP contribution in [0.15, 0.2) is 17.7 Å². The van der Waals surface area contributed by atoms with E-state index >= 15 is 0 Å². The number of aromatic hydroxyl groups is 2. The van der Waals surface area contributed by atoms with Gasteiger partial charge in [0.15, 0.2) is 11.5 Å². The Labute approximate surface area is 155 Å². The molecule has 138 valence electrons. The summed E-state index contributed by atoms with van der Waals surface area (Å²) in [6.07, 6.45) is 11.7. The lowest BCUT2D eigenvalue weighted by molar-refractivity contribution is -0.0639. The molecule has 3 N–H and O–H groups in total. The van der Waals surface area contributed by atoms with Gasteiger partial charge < -0.3 is 15.5 Å². The first kappa shape index (κ1) is 15.6. The lowest BCUT2D eigenvalue weighted by atomic mass is 9.46. The summed E-state index contributed by atoms with van der Waals surface area (Å²) in [5, 5.41) is 24.4. The lowest BCUT2D eigenvalue weighted by Crippen LogP contribution is -2.57. The maximum atomic E-state index is 10.5. The standard InChI is InChI=1S/C23H29NO2/c25-19-4-3-17-18(21(19)26)2-1-16-5-6-24-22(20(16)17)23-10-13-7-14(11-23)9-15(8-13)12-23/h3-4,13-15,22,24-26H,1-2,5-12H2. The minimum Gasteiger partial charge on any atom is -0.504 e. The summed E-state index contributed by atoms with van der Waals surface area (Å²) in [5.41, 5.74) is 5.73. The highest BCUT2D eigenvalue weighted by Gasteiger charge is 2.55. The Morgan fingerprint density at radius 1 is 0.885 bits per heavy atom. The fourth-order valence-electron chi connectivity index (χ4n) is 7.87. The van der Waals surface area contributed by atoms with Crippen molar-refractivity contribution in [2.24, 2.45) is 23.2 Å². The van der Waals surface area contributed by atoms with Crippen molar-refractivity contribution in [1.29, 1.82) is 0 Å². The van der Waals surface area contributed by atoms with E-state index in [-0.39, 0.29) is 11.5 Å². The molecule has 0 saturated heterocycles. The number of hydrogen-bond acceptors (Lipinski definition) is 3. The fourth-order valence-corrected chi connectivity index (χ4v) is 7.87.